The van der Waals surface area contributed by atoms with Gasteiger partial charge < -0.3 is 0 Å². The highest BCUT2D eigenvalue weighted by Gasteiger charge is 2.28. The smallest absolute Gasteiger partial charge is 0.190 e. The Morgan fingerprint density at radius 2 is 1.70 bits per heavy atom. The number of hydrogen-bond donors (Lipinski definition) is 0. The summed E-state index contributed by atoms with van der Waals surface area (Å²) >= 11 is 7.42. The van der Waals surface area contributed by atoms with Crippen LogP contribution in [0.1, 0.15) is 65.9 Å². The third kappa shape index (κ3) is 7.54. The lowest BCUT2D eigenvalue weighted by molar-refractivity contribution is -0.126. The van der Waals surface area contributed by atoms with Gasteiger partial charge in [-0.1, -0.05) is 77.0 Å². The molecule has 0 N–H and O–H groups in total. The van der Waals surface area contributed by atoms with Crippen LogP contribution in [0.2, 0.25) is 5.02 Å². The van der Waals surface area contributed by atoms with E-state index in [1.807, 2.05) is 59.7 Å². The molecular weight excluding hydrogens is 328 g/mol. The molecule has 0 unspecified atom stereocenters. The zero-order valence-electron chi connectivity index (χ0n) is 14.9. The van der Waals surface area contributed by atoms with Gasteiger partial charge in [-0.25, -0.2) is 0 Å². The van der Waals surface area contributed by atoms with E-state index in [4.69, 9.17) is 11.6 Å². The number of thioether (sulfide) groups is 1. The molecule has 0 heterocycles. The van der Waals surface area contributed by atoms with Crippen molar-refractivity contribution in [2.75, 3.05) is 0 Å². The molecule has 0 amide bonds. The highest BCUT2D eigenvalue weighted by Crippen LogP contribution is 2.34. The van der Waals surface area contributed by atoms with E-state index in [2.05, 4.69) is 0 Å². The summed E-state index contributed by atoms with van der Waals surface area (Å²) in [6, 6.07) is 7.48. The van der Waals surface area contributed by atoms with Gasteiger partial charge >= 0.3 is 0 Å². The van der Waals surface area contributed by atoms with Gasteiger partial charge in [0.25, 0.3) is 0 Å². The largest absolute Gasteiger partial charge is 0.299 e. The number of Topliss-reactive ketones (excluding diaryl/α,β-unsaturated/α-hetero) is 1. The summed E-state index contributed by atoms with van der Waals surface area (Å²) in [4.78, 5) is 24.8. The molecule has 0 aliphatic carbocycles. The maximum Gasteiger partial charge on any atom is 0.190 e. The predicted octanol–water partition coefficient (Wildman–Crippen LogP) is 5.88. The molecule has 0 bridgehead atoms. The van der Waals surface area contributed by atoms with Crippen LogP contribution in [0, 0.1) is 5.41 Å². The van der Waals surface area contributed by atoms with Gasteiger partial charge in [0, 0.05) is 28.0 Å². The summed E-state index contributed by atoms with van der Waals surface area (Å²) in [6.45, 7) is 11.8. The van der Waals surface area contributed by atoms with Crippen molar-refractivity contribution >= 4 is 34.3 Å². The third-order valence-electron chi connectivity index (χ3n) is 3.42. The minimum absolute atomic E-state index is 0.115. The van der Waals surface area contributed by atoms with Crippen LogP contribution in [0.4, 0.5) is 0 Å². The van der Waals surface area contributed by atoms with E-state index >= 15 is 0 Å². The molecule has 1 rings (SSSR count). The molecule has 0 aromatic heterocycles. The van der Waals surface area contributed by atoms with Gasteiger partial charge in [-0.3, -0.25) is 9.59 Å². The number of benzene rings is 1. The standard InChI is InChI=1S/C19H27ClO2S/c1-18(2,3)16(21)11-14(12-17(22)23-19(4,5)6)13-8-7-9-15(20)10-13/h7-10,14H,11-12H2,1-6H3/t14-/m0/s1. The van der Waals surface area contributed by atoms with E-state index < -0.39 is 5.41 Å². The average molecular weight is 355 g/mol. The second kappa shape index (κ2) is 7.85. The Hall–Kier alpha value is -0.800. The predicted molar refractivity (Wildman–Crippen MR) is 100 cm³/mol. The Labute approximate surface area is 149 Å². The molecule has 0 aliphatic rings. The highest BCUT2D eigenvalue weighted by atomic mass is 35.5. The van der Waals surface area contributed by atoms with E-state index in [1.54, 1.807) is 6.07 Å². The monoisotopic (exact) mass is 354 g/mol. The van der Waals surface area contributed by atoms with E-state index in [0.29, 0.717) is 17.9 Å². The van der Waals surface area contributed by atoms with Crippen molar-refractivity contribution in [3.63, 3.8) is 0 Å². The van der Waals surface area contributed by atoms with Crippen molar-refractivity contribution in [2.45, 2.75) is 65.0 Å². The van der Waals surface area contributed by atoms with E-state index in [-0.39, 0.29) is 21.6 Å². The summed E-state index contributed by atoms with van der Waals surface area (Å²) in [5.74, 6) is 0.0406. The molecule has 1 aromatic rings. The molecular formula is C19H27ClO2S. The minimum Gasteiger partial charge on any atom is -0.299 e. The van der Waals surface area contributed by atoms with Crippen LogP contribution in [0.25, 0.3) is 0 Å². The minimum atomic E-state index is -0.406. The summed E-state index contributed by atoms with van der Waals surface area (Å²) in [7, 11) is 0. The van der Waals surface area contributed by atoms with Gasteiger partial charge in [-0.15, -0.1) is 0 Å². The van der Waals surface area contributed by atoms with Gasteiger partial charge in [0.1, 0.15) is 5.78 Å². The van der Waals surface area contributed by atoms with Gasteiger partial charge in [-0.05, 0) is 23.6 Å². The second-order valence-electron chi connectivity index (χ2n) is 7.92. The number of rotatable bonds is 5. The number of halogens is 1. The topological polar surface area (TPSA) is 34.1 Å². The Bertz CT molecular complexity index is 567. The first-order chi connectivity index (χ1) is 10.4. The van der Waals surface area contributed by atoms with Crippen LogP contribution >= 0.6 is 23.4 Å². The normalized spacial score (nSPS) is 13.7. The quantitative estimate of drug-likeness (QED) is 0.662. The van der Waals surface area contributed by atoms with E-state index in [1.165, 1.54) is 11.8 Å². The number of carbonyl (C=O) groups is 2. The van der Waals surface area contributed by atoms with Crippen molar-refractivity contribution in [2.24, 2.45) is 5.41 Å². The number of hydrogen-bond acceptors (Lipinski definition) is 3. The third-order valence-corrected chi connectivity index (χ3v) is 4.66. The van der Waals surface area contributed by atoms with Crippen molar-refractivity contribution in [3.8, 4) is 0 Å². The zero-order chi connectivity index (χ0) is 17.8. The van der Waals surface area contributed by atoms with Crippen LogP contribution in [0.3, 0.4) is 0 Å². The van der Waals surface area contributed by atoms with Gasteiger partial charge in [0.15, 0.2) is 5.12 Å². The molecule has 4 heteroatoms. The van der Waals surface area contributed by atoms with Gasteiger partial charge in [0.2, 0.25) is 0 Å². The molecule has 0 radical (unpaired) electrons. The first-order valence-corrected chi connectivity index (χ1v) is 9.08. The first kappa shape index (κ1) is 20.2. The van der Waals surface area contributed by atoms with Crippen LogP contribution in [0.5, 0.6) is 0 Å². The van der Waals surface area contributed by atoms with Crippen molar-refractivity contribution < 1.29 is 9.59 Å². The Balaban J connectivity index is 2.98. The highest BCUT2D eigenvalue weighted by molar-refractivity contribution is 8.14. The fourth-order valence-electron chi connectivity index (χ4n) is 2.18. The van der Waals surface area contributed by atoms with Crippen LogP contribution in [-0.2, 0) is 9.59 Å². The van der Waals surface area contributed by atoms with Gasteiger partial charge in [0.05, 0.1) is 0 Å². The average Bonchev–Trinajstić information content (AvgIpc) is 2.34. The Kier molecular flexibility index (Phi) is 6.91. The summed E-state index contributed by atoms with van der Waals surface area (Å²) in [5.41, 5.74) is 0.551. The summed E-state index contributed by atoms with van der Waals surface area (Å²) < 4.78 is -0.121. The molecule has 23 heavy (non-hydrogen) atoms. The number of ketones is 1. The van der Waals surface area contributed by atoms with Crippen LogP contribution < -0.4 is 0 Å². The molecule has 0 saturated heterocycles. The fourth-order valence-corrected chi connectivity index (χ4v) is 3.35. The molecule has 0 spiro atoms. The lowest BCUT2D eigenvalue weighted by Crippen LogP contribution is -2.23. The summed E-state index contributed by atoms with van der Waals surface area (Å²) in [5, 5.41) is 0.746. The summed E-state index contributed by atoms with van der Waals surface area (Å²) in [6.07, 6.45) is 0.713. The Morgan fingerprint density at radius 3 is 2.17 bits per heavy atom. The van der Waals surface area contributed by atoms with Crippen molar-refractivity contribution in [3.05, 3.63) is 34.9 Å². The first-order valence-electron chi connectivity index (χ1n) is 7.89. The number of carbonyl (C=O) groups excluding carboxylic acids is 2. The molecule has 1 atom stereocenters. The molecule has 0 saturated carbocycles. The SMILES string of the molecule is CC(C)(C)SC(=O)C[C@H](CC(=O)C(C)(C)C)c1cccc(Cl)c1. The molecule has 2 nitrogen and oxygen atoms in total. The molecule has 0 aliphatic heterocycles. The van der Waals surface area contributed by atoms with Crippen LogP contribution in [-0.4, -0.2) is 15.6 Å². The lowest BCUT2D eigenvalue weighted by Gasteiger charge is -2.23. The van der Waals surface area contributed by atoms with Crippen molar-refractivity contribution in [1.82, 2.24) is 0 Å². The molecule has 1 aromatic carbocycles. The molecule has 0 fully saturated rings. The maximum atomic E-state index is 12.4. The maximum absolute atomic E-state index is 12.4. The Morgan fingerprint density at radius 1 is 1.09 bits per heavy atom. The second-order valence-corrected chi connectivity index (χ2v) is 10.2. The lowest BCUT2D eigenvalue weighted by atomic mass is 9.82. The van der Waals surface area contributed by atoms with Crippen molar-refractivity contribution in [1.29, 1.82) is 0 Å². The van der Waals surface area contributed by atoms with E-state index in [9.17, 15) is 9.59 Å². The van der Waals surface area contributed by atoms with E-state index in [0.717, 1.165) is 5.56 Å². The zero-order valence-corrected chi connectivity index (χ0v) is 16.5. The van der Waals surface area contributed by atoms with Gasteiger partial charge in [-0.2, -0.15) is 0 Å². The fraction of sp³-hybridized carbons (Fsp3) is 0.579. The van der Waals surface area contributed by atoms with Crippen LogP contribution in [0.15, 0.2) is 24.3 Å². The molecule has 128 valence electrons.